The third-order valence-electron chi connectivity index (χ3n) is 4.92. The second-order valence-electron chi connectivity index (χ2n) is 6.63. The minimum Gasteiger partial charge on any atom is -0.305 e. The topological polar surface area (TPSA) is 40.6 Å². The molecule has 122 valence electrons. The van der Waals surface area contributed by atoms with Crippen LogP contribution in [0.15, 0.2) is 18.2 Å². The molecule has 1 aromatic rings. The zero-order chi connectivity index (χ0) is 15.9. The van der Waals surface area contributed by atoms with Crippen LogP contribution in [0.5, 0.6) is 0 Å². The quantitative estimate of drug-likeness (QED) is 0.853. The lowest BCUT2D eigenvalue weighted by atomic mass is 9.93. The van der Waals surface area contributed by atoms with Gasteiger partial charge in [0.2, 0.25) is 10.0 Å². The Hall–Kier alpha value is -0.980. The molecule has 3 rings (SSSR count). The molecule has 0 N–H and O–H groups in total. The molecule has 2 saturated heterocycles. The molecule has 2 heterocycles. The van der Waals surface area contributed by atoms with Gasteiger partial charge in [-0.25, -0.2) is 12.8 Å². The maximum atomic E-state index is 14.0. The number of nitrogens with zero attached hydrogens (tertiary/aromatic N) is 2. The van der Waals surface area contributed by atoms with Gasteiger partial charge < -0.3 is 4.90 Å². The van der Waals surface area contributed by atoms with Crippen molar-refractivity contribution in [2.24, 2.45) is 5.92 Å². The minimum atomic E-state index is -3.48. The normalized spacial score (nSPS) is 27.0. The Bertz CT molecular complexity index is 662. The Morgan fingerprint density at radius 1 is 1.27 bits per heavy atom. The number of hydrogen-bond donors (Lipinski definition) is 0. The Morgan fingerprint density at radius 3 is 2.73 bits per heavy atom. The summed E-state index contributed by atoms with van der Waals surface area (Å²) in [7, 11) is -1.45. The summed E-state index contributed by atoms with van der Waals surface area (Å²) in [6.45, 7) is 4.17. The van der Waals surface area contributed by atoms with Gasteiger partial charge in [-0.05, 0) is 50.9 Å². The molecule has 0 spiro atoms. The van der Waals surface area contributed by atoms with E-state index in [9.17, 15) is 12.8 Å². The van der Waals surface area contributed by atoms with Crippen molar-refractivity contribution in [3.05, 3.63) is 35.1 Å². The Labute approximate surface area is 132 Å². The molecule has 0 saturated carbocycles. The van der Waals surface area contributed by atoms with Crippen LogP contribution in [0.2, 0.25) is 0 Å². The average Bonchev–Trinajstić information content (AvgIpc) is 2.85. The molecule has 1 aromatic carbocycles. The van der Waals surface area contributed by atoms with Crippen molar-refractivity contribution < 1.29 is 12.8 Å². The highest BCUT2D eigenvalue weighted by atomic mass is 32.2. The Morgan fingerprint density at radius 2 is 2.00 bits per heavy atom. The number of likely N-dealkylation sites (tertiary alicyclic amines) is 1. The Balaban J connectivity index is 1.80. The summed E-state index contributed by atoms with van der Waals surface area (Å²) in [5, 5.41) is 0. The van der Waals surface area contributed by atoms with Gasteiger partial charge in [0.05, 0.1) is 5.75 Å². The first-order chi connectivity index (χ1) is 10.4. The van der Waals surface area contributed by atoms with Gasteiger partial charge in [-0.3, -0.25) is 0 Å². The molecule has 4 nitrogen and oxygen atoms in total. The van der Waals surface area contributed by atoms with Gasteiger partial charge in [0, 0.05) is 24.7 Å². The van der Waals surface area contributed by atoms with E-state index in [0.29, 0.717) is 12.5 Å². The summed E-state index contributed by atoms with van der Waals surface area (Å²) >= 11 is 0. The van der Waals surface area contributed by atoms with Gasteiger partial charge in [-0.1, -0.05) is 12.1 Å². The summed E-state index contributed by atoms with van der Waals surface area (Å²) in [6.07, 6.45) is 1.97. The van der Waals surface area contributed by atoms with E-state index in [0.717, 1.165) is 31.5 Å². The number of hydrogen-bond acceptors (Lipinski definition) is 3. The van der Waals surface area contributed by atoms with E-state index in [1.807, 2.05) is 7.05 Å². The molecular weight excluding hydrogens is 303 g/mol. The molecule has 6 heteroatoms. The lowest BCUT2D eigenvalue weighted by molar-refractivity contribution is 0.165. The SMILES string of the molecule is Cc1ccc(CS(=O)(=O)N2CC[C@@H]3CCN(C)C[C@H]32)c(F)c1. The van der Waals surface area contributed by atoms with E-state index in [2.05, 4.69) is 4.90 Å². The number of fused-ring (bicyclic) bond motifs is 1. The maximum Gasteiger partial charge on any atom is 0.218 e. The fraction of sp³-hybridized carbons (Fsp3) is 0.625. The monoisotopic (exact) mass is 326 g/mol. The number of sulfonamides is 1. The number of benzene rings is 1. The van der Waals surface area contributed by atoms with Crippen molar-refractivity contribution in [1.82, 2.24) is 9.21 Å². The average molecular weight is 326 g/mol. The molecule has 0 aromatic heterocycles. The second kappa shape index (κ2) is 5.91. The lowest BCUT2D eigenvalue weighted by Gasteiger charge is -2.36. The molecule has 0 aliphatic carbocycles. The van der Waals surface area contributed by atoms with Crippen LogP contribution in [-0.2, 0) is 15.8 Å². The summed E-state index contributed by atoms with van der Waals surface area (Å²) in [5.74, 6) is -0.222. The second-order valence-corrected chi connectivity index (χ2v) is 8.55. The smallest absolute Gasteiger partial charge is 0.218 e. The van der Waals surface area contributed by atoms with Crippen molar-refractivity contribution in [1.29, 1.82) is 0 Å². The first-order valence-electron chi connectivity index (χ1n) is 7.80. The van der Waals surface area contributed by atoms with Crippen molar-refractivity contribution in [2.45, 2.75) is 31.6 Å². The molecule has 2 fully saturated rings. The van der Waals surface area contributed by atoms with Crippen LogP contribution >= 0.6 is 0 Å². The predicted molar refractivity (Wildman–Crippen MR) is 84.5 cm³/mol. The van der Waals surface area contributed by atoms with Gasteiger partial charge in [0.1, 0.15) is 5.82 Å². The Kier molecular flexibility index (Phi) is 4.27. The fourth-order valence-corrected chi connectivity index (χ4v) is 5.48. The number of rotatable bonds is 3. The van der Waals surface area contributed by atoms with E-state index >= 15 is 0 Å². The highest BCUT2D eigenvalue weighted by Gasteiger charge is 2.43. The van der Waals surface area contributed by atoms with E-state index in [1.165, 1.54) is 6.07 Å². The number of piperidine rings is 1. The molecule has 22 heavy (non-hydrogen) atoms. The van der Waals surface area contributed by atoms with Crippen molar-refractivity contribution in [3.8, 4) is 0 Å². The van der Waals surface area contributed by atoms with Crippen LogP contribution in [0.4, 0.5) is 4.39 Å². The van der Waals surface area contributed by atoms with Crippen molar-refractivity contribution in [2.75, 3.05) is 26.7 Å². The number of aryl methyl sites for hydroxylation is 1. The van der Waals surface area contributed by atoms with Gasteiger partial charge in [0.25, 0.3) is 0 Å². The highest BCUT2D eigenvalue weighted by Crippen LogP contribution is 2.34. The van der Waals surface area contributed by atoms with E-state index in [1.54, 1.807) is 23.4 Å². The van der Waals surface area contributed by atoms with Gasteiger partial charge >= 0.3 is 0 Å². The molecule has 2 aliphatic heterocycles. The predicted octanol–water partition coefficient (Wildman–Crippen LogP) is 1.99. The molecular formula is C16H23FN2O2S. The van der Waals surface area contributed by atoms with Gasteiger partial charge in [-0.2, -0.15) is 4.31 Å². The van der Waals surface area contributed by atoms with Crippen molar-refractivity contribution in [3.63, 3.8) is 0 Å². The summed E-state index contributed by atoms with van der Waals surface area (Å²) in [6, 6.07) is 4.79. The molecule has 0 radical (unpaired) electrons. The first kappa shape index (κ1) is 15.9. The standard InChI is InChI=1S/C16H23FN2O2S/c1-12-3-4-14(15(17)9-12)11-22(20,21)19-8-6-13-5-7-18(2)10-16(13)19/h3-4,9,13,16H,5-8,10-11H2,1-2H3/t13-,16+/m0/s1. The maximum absolute atomic E-state index is 14.0. The molecule has 2 atom stereocenters. The van der Waals surface area contributed by atoms with Gasteiger partial charge in [0.15, 0.2) is 0 Å². The largest absolute Gasteiger partial charge is 0.305 e. The zero-order valence-corrected chi connectivity index (χ0v) is 13.9. The van der Waals surface area contributed by atoms with E-state index in [-0.39, 0.29) is 17.4 Å². The highest BCUT2D eigenvalue weighted by molar-refractivity contribution is 7.88. The van der Waals surface area contributed by atoms with Crippen LogP contribution in [0, 0.1) is 18.7 Å². The van der Waals surface area contributed by atoms with Crippen LogP contribution in [0.3, 0.4) is 0 Å². The van der Waals surface area contributed by atoms with E-state index < -0.39 is 15.8 Å². The number of likely N-dealkylation sites (N-methyl/N-ethyl adjacent to an activating group) is 1. The van der Waals surface area contributed by atoms with Crippen LogP contribution in [0.1, 0.15) is 24.0 Å². The molecule has 0 bridgehead atoms. The minimum absolute atomic E-state index is 0.0530. The number of halogens is 1. The zero-order valence-electron chi connectivity index (χ0n) is 13.1. The summed E-state index contributed by atoms with van der Waals surface area (Å²) in [4.78, 5) is 2.18. The third kappa shape index (κ3) is 3.05. The van der Waals surface area contributed by atoms with Crippen molar-refractivity contribution >= 4 is 10.0 Å². The lowest BCUT2D eigenvalue weighted by Crippen LogP contribution is -2.48. The van der Waals surface area contributed by atoms with Crippen LogP contribution in [-0.4, -0.2) is 50.3 Å². The van der Waals surface area contributed by atoms with E-state index in [4.69, 9.17) is 0 Å². The fourth-order valence-electron chi connectivity index (χ4n) is 3.65. The summed E-state index contributed by atoms with van der Waals surface area (Å²) in [5.41, 5.74) is 1.06. The summed E-state index contributed by atoms with van der Waals surface area (Å²) < 4.78 is 41.1. The van der Waals surface area contributed by atoms with Crippen LogP contribution < -0.4 is 0 Å². The molecule has 2 aliphatic rings. The first-order valence-corrected chi connectivity index (χ1v) is 9.41. The molecule has 0 amide bonds. The molecule has 0 unspecified atom stereocenters. The van der Waals surface area contributed by atoms with Crippen LogP contribution in [0.25, 0.3) is 0 Å². The van der Waals surface area contributed by atoms with Gasteiger partial charge in [-0.15, -0.1) is 0 Å². The third-order valence-corrected chi connectivity index (χ3v) is 6.76.